The van der Waals surface area contributed by atoms with Gasteiger partial charge in [-0.15, -0.1) is 0 Å². The molecule has 92 valence electrons. The van der Waals surface area contributed by atoms with Crippen LogP contribution < -0.4 is 10.5 Å². The molecule has 0 saturated carbocycles. The molecule has 0 aromatic carbocycles. The van der Waals surface area contributed by atoms with E-state index in [2.05, 4.69) is 27.7 Å². The maximum atomic E-state index is 9.07. The van der Waals surface area contributed by atoms with Crippen molar-refractivity contribution in [3.8, 4) is 0 Å². The molecule has 0 radical (unpaired) electrons. The summed E-state index contributed by atoms with van der Waals surface area (Å²) in [7, 11) is -0.423. The first-order valence-corrected chi connectivity index (χ1v) is 6.40. The fraction of sp³-hybridized carbons (Fsp3) is 0.583. The highest BCUT2D eigenvalue weighted by Gasteiger charge is 2.10. The summed E-state index contributed by atoms with van der Waals surface area (Å²) in [5, 5.41) is 15.4. The Morgan fingerprint density at radius 2 is 2.41 bits per heavy atom. The SMILES string of the molecule is CB(O)NCCCc1ccc2c(n1)NCCC2. The average molecular weight is 233 g/mol. The molecule has 17 heavy (non-hydrogen) atoms. The van der Waals surface area contributed by atoms with E-state index in [1.807, 2.05) is 0 Å². The molecule has 2 rings (SSSR count). The van der Waals surface area contributed by atoms with Gasteiger partial charge in [0.2, 0.25) is 0 Å². The molecule has 0 bridgehead atoms. The average Bonchev–Trinajstić information content (AvgIpc) is 2.34. The second kappa shape index (κ2) is 6.03. The summed E-state index contributed by atoms with van der Waals surface area (Å²) >= 11 is 0. The number of aryl methyl sites for hydroxylation is 2. The van der Waals surface area contributed by atoms with Gasteiger partial charge in [-0.25, -0.2) is 4.98 Å². The maximum Gasteiger partial charge on any atom is 0.373 e. The largest absolute Gasteiger partial charge is 0.437 e. The molecule has 0 spiro atoms. The number of rotatable bonds is 5. The second-order valence-corrected chi connectivity index (χ2v) is 4.57. The first-order valence-electron chi connectivity index (χ1n) is 6.40. The van der Waals surface area contributed by atoms with Gasteiger partial charge in [-0.1, -0.05) is 6.07 Å². The molecule has 0 atom stereocenters. The van der Waals surface area contributed by atoms with Crippen molar-refractivity contribution in [1.29, 1.82) is 0 Å². The van der Waals surface area contributed by atoms with Gasteiger partial charge >= 0.3 is 7.05 Å². The normalized spacial score (nSPS) is 14.0. The van der Waals surface area contributed by atoms with Crippen molar-refractivity contribution in [2.45, 2.75) is 32.5 Å². The zero-order chi connectivity index (χ0) is 12.1. The summed E-state index contributed by atoms with van der Waals surface area (Å²) in [6, 6.07) is 4.31. The van der Waals surface area contributed by atoms with Crippen LogP contribution in [-0.2, 0) is 12.8 Å². The molecule has 1 aliphatic rings. The van der Waals surface area contributed by atoms with Gasteiger partial charge < -0.3 is 15.6 Å². The molecule has 3 N–H and O–H groups in total. The third-order valence-electron chi connectivity index (χ3n) is 3.00. The minimum absolute atomic E-state index is 0.423. The predicted octanol–water partition coefficient (Wildman–Crippen LogP) is 1.07. The Morgan fingerprint density at radius 3 is 3.24 bits per heavy atom. The molecule has 1 aromatic rings. The van der Waals surface area contributed by atoms with Gasteiger partial charge in [0.05, 0.1) is 0 Å². The molecule has 4 nitrogen and oxygen atoms in total. The molecular formula is C12H20BN3O. The minimum atomic E-state index is -0.423. The predicted molar refractivity (Wildman–Crippen MR) is 71.2 cm³/mol. The van der Waals surface area contributed by atoms with Gasteiger partial charge in [-0.2, -0.15) is 0 Å². The van der Waals surface area contributed by atoms with E-state index < -0.39 is 7.05 Å². The molecule has 0 saturated heterocycles. The summed E-state index contributed by atoms with van der Waals surface area (Å²) in [5.74, 6) is 1.07. The van der Waals surface area contributed by atoms with Crippen molar-refractivity contribution in [1.82, 2.24) is 10.2 Å². The number of fused-ring (bicyclic) bond motifs is 1. The third-order valence-corrected chi connectivity index (χ3v) is 3.00. The number of hydrogen-bond donors (Lipinski definition) is 3. The van der Waals surface area contributed by atoms with Crippen molar-refractivity contribution in [3.63, 3.8) is 0 Å². The van der Waals surface area contributed by atoms with Gasteiger partial charge in [-0.05, 0) is 50.7 Å². The Morgan fingerprint density at radius 1 is 1.53 bits per heavy atom. The lowest BCUT2D eigenvalue weighted by Crippen LogP contribution is -2.31. The van der Waals surface area contributed by atoms with E-state index >= 15 is 0 Å². The monoisotopic (exact) mass is 233 g/mol. The van der Waals surface area contributed by atoms with Gasteiger partial charge in [0, 0.05) is 12.2 Å². The quantitative estimate of drug-likeness (QED) is 0.526. The fourth-order valence-corrected chi connectivity index (χ4v) is 2.09. The van der Waals surface area contributed by atoms with Crippen LogP contribution in [0.1, 0.15) is 24.1 Å². The molecule has 0 amide bonds. The van der Waals surface area contributed by atoms with E-state index in [1.54, 1.807) is 6.82 Å². The Labute approximate surface area is 103 Å². The Bertz CT molecular complexity index is 371. The Kier molecular flexibility index (Phi) is 4.39. The molecule has 0 fully saturated rings. The standard InChI is InChI=1S/C12H20BN3O/c1-13(17)15-9-3-5-11-7-6-10-4-2-8-14-12(10)16-11/h6-7,15,17H,2-5,8-9H2,1H3,(H,14,16). The number of nitrogens with one attached hydrogen (secondary N) is 2. The fourth-order valence-electron chi connectivity index (χ4n) is 2.09. The second-order valence-electron chi connectivity index (χ2n) is 4.57. The van der Waals surface area contributed by atoms with Crippen molar-refractivity contribution in [2.24, 2.45) is 0 Å². The zero-order valence-corrected chi connectivity index (χ0v) is 10.4. The van der Waals surface area contributed by atoms with Gasteiger partial charge in [0.15, 0.2) is 0 Å². The van der Waals surface area contributed by atoms with E-state index in [4.69, 9.17) is 5.02 Å². The van der Waals surface area contributed by atoms with E-state index in [0.717, 1.165) is 43.9 Å². The highest BCUT2D eigenvalue weighted by Crippen LogP contribution is 2.19. The van der Waals surface area contributed by atoms with Crippen molar-refractivity contribution >= 4 is 12.9 Å². The Balaban J connectivity index is 1.85. The molecule has 5 heteroatoms. The van der Waals surface area contributed by atoms with Crippen LogP contribution in [0.2, 0.25) is 6.82 Å². The lowest BCUT2D eigenvalue weighted by atomic mass is 9.89. The van der Waals surface area contributed by atoms with Crippen LogP contribution in [0.25, 0.3) is 0 Å². The topological polar surface area (TPSA) is 57.2 Å². The number of pyridine rings is 1. The van der Waals surface area contributed by atoms with Gasteiger partial charge in [-0.3, -0.25) is 0 Å². The summed E-state index contributed by atoms with van der Waals surface area (Å²) in [5.41, 5.74) is 2.47. The Hall–Kier alpha value is -1.07. The van der Waals surface area contributed by atoms with Crippen LogP contribution in [0.15, 0.2) is 12.1 Å². The summed E-state index contributed by atoms with van der Waals surface area (Å²) in [6.07, 6.45) is 4.29. The molecule has 1 aliphatic heterocycles. The van der Waals surface area contributed by atoms with Crippen molar-refractivity contribution in [3.05, 3.63) is 23.4 Å². The molecule has 0 unspecified atom stereocenters. The lowest BCUT2D eigenvalue weighted by molar-refractivity contribution is 0.550. The first-order chi connectivity index (χ1) is 8.25. The maximum absolute atomic E-state index is 9.07. The summed E-state index contributed by atoms with van der Waals surface area (Å²) in [6.45, 7) is 3.60. The molecular weight excluding hydrogens is 213 g/mol. The van der Waals surface area contributed by atoms with Gasteiger partial charge in [0.1, 0.15) is 5.82 Å². The zero-order valence-electron chi connectivity index (χ0n) is 10.4. The molecule has 1 aromatic heterocycles. The number of hydrogen-bond acceptors (Lipinski definition) is 4. The smallest absolute Gasteiger partial charge is 0.373 e. The van der Waals surface area contributed by atoms with Crippen LogP contribution in [-0.4, -0.2) is 30.1 Å². The number of anilines is 1. The molecule has 0 aliphatic carbocycles. The van der Waals surface area contributed by atoms with Crippen LogP contribution >= 0.6 is 0 Å². The summed E-state index contributed by atoms with van der Waals surface area (Å²) < 4.78 is 0. The van der Waals surface area contributed by atoms with Crippen LogP contribution in [0.4, 0.5) is 5.82 Å². The van der Waals surface area contributed by atoms with Crippen molar-refractivity contribution in [2.75, 3.05) is 18.4 Å². The first kappa shape index (κ1) is 12.4. The van der Waals surface area contributed by atoms with E-state index in [9.17, 15) is 0 Å². The molecule has 2 heterocycles. The number of aromatic nitrogens is 1. The van der Waals surface area contributed by atoms with Crippen molar-refractivity contribution < 1.29 is 5.02 Å². The van der Waals surface area contributed by atoms with Gasteiger partial charge in [0.25, 0.3) is 0 Å². The van der Waals surface area contributed by atoms with Crippen LogP contribution in [0.5, 0.6) is 0 Å². The van der Waals surface area contributed by atoms with E-state index in [0.29, 0.717) is 0 Å². The lowest BCUT2D eigenvalue weighted by Gasteiger charge is -2.17. The number of nitrogens with zero attached hydrogens (tertiary/aromatic N) is 1. The minimum Gasteiger partial charge on any atom is -0.437 e. The van der Waals surface area contributed by atoms with Crippen LogP contribution in [0.3, 0.4) is 0 Å². The highest BCUT2D eigenvalue weighted by molar-refractivity contribution is 6.45. The van der Waals surface area contributed by atoms with E-state index in [1.165, 1.54) is 12.0 Å². The summed E-state index contributed by atoms with van der Waals surface area (Å²) in [4.78, 5) is 4.63. The highest BCUT2D eigenvalue weighted by atomic mass is 16.2. The van der Waals surface area contributed by atoms with E-state index in [-0.39, 0.29) is 0 Å². The third kappa shape index (κ3) is 3.72. The van der Waals surface area contributed by atoms with Crippen LogP contribution in [0, 0.1) is 0 Å².